The number of hydrogen-bond donors (Lipinski definition) is 2. The minimum absolute atomic E-state index is 0.0244. The van der Waals surface area contributed by atoms with Crippen molar-refractivity contribution in [1.82, 2.24) is 15.5 Å². The third-order valence-corrected chi connectivity index (χ3v) is 1.81. The zero-order valence-electron chi connectivity index (χ0n) is 6.69. The van der Waals surface area contributed by atoms with Crippen LogP contribution in [-0.4, -0.2) is 34.3 Å². The quantitative estimate of drug-likeness (QED) is 0.495. The van der Waals surface area contributed by atoms with Crippen LogP contribution in [0.4, 0.5) is 5.82 Å². The molecule has 1 aromatic heterocycles. The van der Waals surface area contributed by atoms with Gasteiger partial charge < -0.3 is 20.2 Å². The topological polar surface area (TPSA) is 93.1 Å². The maximum absolute atomic E-state index is 10.4. The highest BCUT2D eigenvalue weighted by Gasteiger charge is 2.24. The van der Waals surface area contributed by atoms with E-state index in [0.29, 0.717) is 0 Å². The average molecular weight is 184 g/mol. The molecule has 1 aromatic rings. The molecule has 2 N–H and O–H groups in total. The summed E-state index contributed by atoms with van der Waals surface area (Å²) in [5, 5.41) is 19.2. The van der Waals surface area contributed by atoms with Gasteiger partial charge in [0.15, 0.2) is 0 Å². The molecular weight excluding hydrogens is 176 g/mol. The second-order valence-electron chi connectivity index (χ2n) is 2.74. The summed E-state index contributed by atoms with van der Waals surface area (Å²) < 4.78 is 5.28. The Hall–Kier alpha value is -1.63. The van der Waals surface area contributed by atoms with Gasteiger partial charge in [0.25, 0.3) is 0 Å². The van der Waals surface area contributed by atoms with Gasteiger partial charge in [-0.25, -0.2) is 0 Å². The van der Waals surface area contributed by atoms with Crippen molar-refractivity contribution in [1.29, 1.82) is 0 Å². The predicted molar refractivity (Wildman–Crippen MR) is 42.5 cm³/mol. The lowest BCUT2D eigenvalue weighted by molar-refractivity contribution is -0.390. The molecule has 7 nitrogen and oxygen atoms in total. The molecule has 0 spiro atoms. The molecule has 0 amide bonds. The van der Waals surface area contributed by atoms with Crippen molar-refractivity contribution in [3.63, 3.8) is 0 Å². The number of nitro groups is 1. The summed E-state index contributed by atoms with van der Waals surface area (Å²) in [7, 11) is 0. The van der Waals surface area contributed by atoms with Crippen LogP contribution in [-0.2, 0) is 0 Å². The molecule has 7 heteroatoms. The number of hydrogen-bond acceptors (Lipinski definition) is 5. The Morgan fingerprint density at radius 2 is 2.46 bits per heavy atom. The lowest BCUT2D eigenvalue weighted by atomic mass is 10.2. The molecular formula is C6H8N4O3. The lowest BCUT2D eigenvalue weighted by Gasteiger charge is -2.26. The molecule has 1 fully saturated rings. The van der Waals surface area contributed by atoms with Gasteiger partial charge >= 0.3 is 5.82 Å². The van der Waals surface area contributed by atoms with Gasteiger partial charge in [-0.05, 0) is 4.92 Å². The molecule has 0 radical (unpaired) electrons. The zero-order chi connectivity index (χ0) is 9.26. The van der Waals surface area contributed by atoms with Gasteiger partial charge in [-0.2, -0.15) is 0 Å². The third kappa shape index (κ3) is 1.45. The summed E-state index contributed by atoms with van der Waals surface area (Å²) in [4.78, 5) is 9.86. The van der Waals surface area contributed by atoms with Crippen LogP contribution in [0.1, 0.15) is 0 Å². The second kappa shape index (κ2) is 3.02. The SMILES string of the molecule is O=[N+]([O-])c1[nH]ncc1OC1CNC1. The molecule has 0 saturated carbocycles. The maximum Gasteiger partial charge on any atom is 0.385 e. The second-order valence-corrected chi connectivity index (χ2v) is 2.74. The van der Waals surface area contributed by atoms with E-state index in [2.05, 4.69) is 15.5 Å². The molecule has 0 unspecified atom stereocenters. The van der Waals surface area contributed by atoms with E-state index >= 15 is 0 Å². The van der Waals surface area contributed by atoms with Gasteiger partial charge in [0.05, 0.1) is 0 Å². The highest BCUT2D eigenvalue weighted by molar-refractivity contribution is 5.36. The van der Waals surface area contributed by atoms with E-state index in [4.69, 9.17) is 4.74 Å². The lowest BCUT2D eigenvalue weighted by Crippen LogP contribution is -2.50. The van der Waals surface area contributed by atoms with Crippen molar-refractivity contribution >= 4 is 5.82 Å². The van der Waals surface area contributed by atoms with Gasteiger partial charge in [-0.15, -0.1) is 5.10 Å². The van der Waals surface area contributed by atoms with Crippen LogP contribution in [0.15, 0.2) is 6.20 Å². The summed E-state index contributed by atoms with van der Waals surface area (Å²) in [6.45, 7) is 1.45. The maximum atomic E-state index is 10.4. The number of H-pyrrole nitrogens is 1. The molecule has 1 aliphatic heterocycles. The average Bonchev–Trinajstić information content (AvgIpc) is 2.44. The molecule has 13 heavy (non-hydrogen) atoms. The van der Waals surface area contributed by atoms with Crippen LogP contribution in [0, 0.1) is 10.1 Å². The standard InChI is InChI=1S/C6H8N4O3/c11-10(12)6-5(3-8-9-6)13-4-1-7-2-4/h3-4,7H,1-2H2,(H,8,9). The van der Waals surface area contributed by atoms with Crippen molar-refractivity contribution in [3.05, 3.63) is 16.3 Å². The summed E-state index contributed by atoms with van der Waals surface area (Å²) in [6.07, 6.45) is 1.34. The Labute approximate surface area is 73.2 Å². The molecule has 70 valence electrons. The molecule has 2 heterocycles. The summed E-state index contributed by atoms with van der Waals surface area (Å²) in [6, 6.07) is 0. The fraction of sp³-hybridized carbons (Fsp3) is 0.500. The fourth-order valence-corrected chi connectivity index (χ4v) is 1.01. The third-order valence-electron chi connectivity index (χ3n) is 1.81. The highest BCUT2D eigenvalue weighted by atomic mass is 16.6. The van der Waals surface area contributed by atoms with Crippen LogP contribution >= 0.6 is 0 Å². The van der Waals surface area contributed by atoms with Crippen molar-refractivity contribution in [3.8, 4) is 5.75 Å². The Balaban J connectivity index is 2.09. The van der Waals surface area contributed by atoms with E-state index < -0.39 is 4.92 Å². The first-order valence-electron chi connectivity index (χ1n) is 3.82. The number of aromatic nitrogens is 2. The van der Waals surface area contributed by atoms with Crippen LogP contribution in [0.3, 0.4) is 0 Å². The van der Waals surface area contributed by atoms with Crippen LogP contribution in [0.25, 0.3) is 0 Å². The van der Waals surface area contributed by atoms with Gasteiger partial charge in [0.1, 0.15) is 12.3 Å². The van der Waals surface area contributed by atoms with Crippen LogP contribution < -0.4 is 10.1 Å². The smallest absolute Gasteiger partial charge is 0.385 e. The van der Waals surface area contributed by atoms with Gasteiger partial charge in [0.2, 0.25) is 5.75 Å². The summed E-state index contributed by atoms with van der Waals surface area (Å²) in [5.41, 5.74) is 0. The van der Waals surface area contributed by atoms with Crippen molar-refractivity contribution in [2.45, 2.75) is 6.10 Å². The van der Waals surface area contributed by atoms with E-state index in [0.717, 1.165) is 13.1 Å². The first-order chi connectivity index (χ1) is 6.27. The number of rotatable bonds is 3. The van der Waals surface area contributed by atoms with E-state index in [-0.39, 0.29) is 17.7 Å². The molecule has 0 atom stereocenters. The van der Waals surface area contributed by atoms with E-state index in [1.54, 1.807) is 0 Å². The summed E-state index contributed by atoms with van der Waals surface area (Å²) >= 11 is 0. The van der Waals surface area contributed by atoms with E-state index in [9.17, 15) is 10.1 Å². The molecule has 0 aromatic carbocycles. The van der Waals surface area contributed by atoms with Gasteiger partial charge in [-0.3, -0.25) is 0 Å². The van der Waals surface area contributed by atoms with Crippen LogP contribution in [0.2, 0.25) is 0 Å². The normalized spacial score (nSPS) is 16.6. The molecule has 0 bridgehead atoms. The van der Waals surface area contributed by atoms with Crippen molar-refractivity contribution < 1.29 is 9.66 Å². The molecule has 1 saturated heterocycles. The van der Waals surface area contributed by atoms with Crippen molar-refractivity contribution in [2.75, 3.05) is 13.1 Å². The minimum Gasteiger partial charge on any atom is -0.479 e. The van der Waals surface area contributed by atoms with E-state index in [1.165, 1.54) is 6.20 Å². The number of nitrogens with one attached hydrogen (secondary N) is 2. The Kier molecular flexibility index (Phi) is 1.85. The van der Waals surface area contributed by atoms with Crippen LogP contribution in [0.5, 0.6) is 5.75 Å². The monoisotopic (exact) mass is 184 g/mol. The van der Waals surface area contributed by atoms with E-state index in [1.807, 2.05) is 0 Å². The molecule has 1 aliphatic rings. The molecule has 0 aliphatic carbocycles. The van der Waals surface area contributed by atoms with Gasteiger partial charge in [-0.1, -0.05) is 5.10 Å². The number of aromatic amines is 1. The first-order valence-corrected chi connectivity index (χ1v) is 3.82. The number of nitrogens with zero attached hydrogens (tertiary/aromatic N) is 2. The first kappa shape index (κ1) is 7.99. The minimum atomic E-state index is -0.547. The van der Waals surface area contributed by atoms with Crippen molar-refractivity contribution in [2.24, 2.45) is 0 Å². The highest BCUT2D eigenvalue weighted by Crippen LogP contribution is 2.24. The summed E-state index contributed by atoms with van der Waals surface area (Å²) in [5.74, 6) is 0.0170. The van der Waals surface area contributed by atoms with Gasteiger partial charge in [0, 0.05) is 13.1 Å². The zero-order valence-corrected chi connectivity index (χ0v) is 6.69. The Morgan fingerprint density at radius 3 is 3.00 bits per heavy atom. The predicted octanol–water partition coefficient (Wildman–Crippen LogP) is -0.332. The molecule has 2 rings (SSSR count). The fourth-order valence-electron chi connectivity index (χ4n) is 1.01. The largest absolute Gasteiger partial charge is 0.479 e. The number of ether oxygens (including phenoxy) is 1. The Bertz CT molecular complexity index is 319. The Morgan fingerprint density at radius 1 is 1.69 bits per heavy atom.